The van der Waals surface area contributed by atoms with Crippen molar-refractivity contribution >= 4 is 17.3 Å². The number of carbonyl (C=O) groups is 1. The molecule has 3 nitrogen and oxygen atoms in total. The fraction of sp³-hybridized carbons (Fsp3) is 0.316. The molecule has 0 aromatic heterocycles. The van der Waals surface area contributed by atoms with E-state index >= 15 is 0 Å². The Hall–Kier alpha value is -2.29. The summed E-state index contributed by atoms with van der Waals surface area (Å²) in [5.74, 6) is 0.0400. The Balaban J connectivity index is 1.85. The smallest absolute Gasteiger partial charge is 0.226 e. The highest BCUT2D eigenvalue weighted by molar-refractivity contribution is 5.91. The van der Waals surface area contributed by atoms with Crippen LogP contribution in [0.2, 0.25) is 0 Å². The number of hydrogen-bond donors (Lipinski definition) is 2. The van der Waals surface area contributed by atoms with Gasteiger partial charge in [0.1, 0.15) is 0 Å². The zero-order valence-corrected chi connectivity index (χ0v) is 13.6. The molecule has 0 heterocycles. The largest absolute Gasteiger partial charge is 0.384 e. The van der Waals surface area contributed by atoms with Gasteiger partial charge in [-0.2, -0.15) is 0 Å². The van der Waals surface area contributed by atoms with Crippen molar-refractivity contribution < 1.29 is 4.79 Å². The van der Waals surface area contributed by atoms with E-state index in [9.17, 15) is 4.79 Å². The van der Waals surface area contributed by atoms with Crippen molar-refractivity contribution in [3.63, 3.8) is 0 Å². The average Bonchev–Trinajstić information content (AvgIpc) is 2.50. The van der Waals surface area contributed by atoms with Crippen LogP contribution in [0.25, 0.3) is 0 Å². The predicted molar refractivity (Wildman–Crippen MR) is 93.5 cm³/mol. The molecule has 0 radical (unpaired) electrons. The summed E-state index contributed by atoms with van der Waals surface area (Å²) in [5, 5.41) is 6.32. The standard InChI is InChI=1S/C19H24N2O/c1-4-16-7-5-6-8-18(16)21-19(22)11-12-20-17-10-9-14(2)13-15(17)3/h5-10,13,20H,4,11-12H2,1-3H3,(H,21,22). The first-order chi connectivity index (χ1) is 10.6. The van der Waals surface area contributed by atoms with Gasteiger partial charge in [0.2, 0.25) is 5.91 Å². The minimum atomic E-state index is 0.0400. The molecule has 0 bridgehead atoms. The number of rotatable bonds is 6. The van der Waals surface area contributed by atoms with E-state index in [-0.39, 0.29) is 5.91 Å². The molecule has 0 fully saturated rings. The van der Waals surface area contributed by atoms with Crippen LogP contribution in [0.3, 0.4) is 0 Å². The fourth-order valence-electron chi connectivity index (χ4n) is 2.49. The minimum absolute atomic E-state index is 0.0400. The van der Waals surface area contributed by atoms with Crippen LogP contribution in [0.15, 0.2) is 42.5 Å². The molecule has 0 unspecified atom stereocenters. The van der Waals surface area contributed by atoms with Crippen LogP contribution in [-0.2, 0) is 11.2 Å². The molecule has 2 aromatic rings. The molecule has 2 rings (SSSR count). The first-order valence-corrected chi connectivity index (χ1v) is 7.79. The van der Waals surface area contributed by atoms with Gasteiger partial charge < -0.3 is 10.6 Å². The maximum Gasteiger partial charge on any atom is 0.226 e. The van der Waals surface area contributed by atoms with E-state index in [2.05, 4.69) is 49.6 Å². The Kier molecular flexibility index (Phi) is 5.59. The molecule has 0 atom stereocenters. The van der Waals surface area contributed by atoms with E-state index in [0.29, 0.717) is 13.0 Å². The lowest BCUT2D eigenvalue weighted by molar-refractivity contribution is -0.115. The molecule has 1 amide bonds. The van der Waals surface area contributed by atoms with Crippen molar-refractivity contribution in [1.29, 1.82) is 0 Å². The van der Waals surface area contributed by atoms with Crippen molar-refractivity contribution in [2.75, 3.05) is 17.2 Å². The SMILES string of the molecule is CCc1ccccc1NC(=O)CCNc1ccc(C)cc1C. The van der Waals surface area contributed by atoms with Crippen LogP contribution >= 0.6 is 0 Å². The van der Waals surface area contributed by atoms with Gasteiger partial charge in [-0.15, -0.1) is 0 Å². The summed E-state index contributed by atoms with van der Waals surface area (Å²) < 4.78 is 0. The number of carbonyl (C=O) groups excluding carboxylic acids is 1. The molecule has 0 spiro atoms. The number of nitrogens with one attached hydrogen (secondary N) is 2. The molecule has 116 valence electrons. The van der Waals surface area contributed by atoms with Crippen LogP contribution in [0, 0.1) is 13.8 Å². The van der Waals surface area contributed by atoms with Gasteiger partial charge >= 0.3 is 0 Å². The number of hydrogen-bond acceptors (Lipinski definition) is 2. The summed E-state index contributed by atoms with van der Waals surface area (Å²) >= 11 is 0. The van der Waals surface area contributed by atoms with Crippen molar-refractivity contribution in [2.24, 2.45) is 0 Å². The van der Waals surface area contributed by atoms with Crippen LogP contribution in [0.4, 0.5) is 11.4 Å². The highest BCUT2D eigenvalue weighted by Crippen LogP contribution is 2.17. The lowest BCUT2D eigenvalue weighted by Crippen LogP contribution is -2.17. The van der Waals surface area contributed by atoms with Gasteiger partial charge in [-0.1, -0.05) is 42.8 Å². The van der Waals surface area contributed by atoms with Crippen LogP contribution < -0.4 is 10.6 Å². The second-order valence-corrected chi connectivity index (χ2v) is 5.55. The van der Waals surface area contributed by atoms with Gasteiger partial charge in [0.25, 0.3) is 0 Å². The molecule has 0 aliphatic heterocycles. The molecular formula is C19H24N2O. The third-order valence-electron chi connectivity index (χ3n) is 3.72. The number of anilines is 2. The highest BCUT2D eigenvalue weighted by atomic mass is 16.1. The van der Waals surface area contributed by atoms with Crippen LogP contribution in [-0.4, -0.2) is 12.5 Å². The summed E-state index contributed by atoms with van der Waals surface area (Å²) in [6.45, 7) is 6.87. The zero-order chi connectivity index (χ0) is 15.9. The average molecular weight is 296 g/mol. The monoisotopic (exact) mass is 296 g/mol. The lowest BCUT2D eigenvalue weighted by Gasteiger charge is -2.12. The number of para-hydroxylation sites is 1. The number of aryl methyl sites for hydroxylation is 3. The molecule has 0 aliphatic carbocycles. The molecule has 22 heavy (non-hydrogen) atoms. The van der Waals surface area contributed by atoms with E-state index in [1.54, 1.807) is 0 Å². The van der Waals surface area contributed by atoms with E-state index in [0.717, 1.165) is 23.4 Å². The van der Waals surface area contributed by atoms with E-state index < -0.39 is 0 Å². The molecule has 3 heteroatoms. The van der Waals surface area contributed by atoms with E-state index in [4.69, 9.17) is 0 Å². The summed E-state index contributed by atoms with van der Waals surface area (Å²) in [4.78, 5) is 12.1. The Labute approximate surface area is 132 Å². The molecule has 0 aliphatic rings. The second-order valence-electron chi connectivity index (χ2n) is 5.55. The Morgan fingerprint density at radius 1 is 1.05 bits per heavy atom. The molecular weight excluding hydrogens is 272 g/mol. The molecule has 2 aromatic carbocycles. The van der Waals surface area contributed by atoms with E-state index in [1.807, 2.05) is 24.3 Å². The van der Waals surface area contributed by atoms with Gasteiger partial charge in [0.15, 0.2) is 0 Å². The van der Waals surface area contributed by atoms with E-state index in [1.165, 1.54) is 11.1 Å². The van der Waals surface area contributed by atoms with Gasteiger partial charge in [0.05, 0.1) is 0 Å². The topological polar surface area (TPSA) is 41.1 Å². The highest BCUT2D eigenvalue weighted by Gasteiger charge is 2.06. The molecule has 0 saturated carbocycles. The third-order valence-corrected chi connectivity index (χ3v) is 3.72. The van der Waals surface area contributed by atoms with Crippen LogP contribution in [0.5, 0.6) is 0 Å². The second kappa shape index (κ2) is 7.64. The van der Waals surface area contributed by atoms with Crippen molar-refractivity contribution in [3.8, 4) is 0 Å². The summed E-state index contributed by atoms with van der Waals surface area (Å²) in [5.41, 5.74) is 5.63. The normalized spacial score (nSPS) is 10.3. The maximum absolute atomic E-state index is 12.1. The quantitative estimate of drug-likeness (QED) is 0.834. The summed E-state index contributed by atoms with van der Waals surface area (Å²) in [6, 6.07) is 14.2. The van der Waals surface area contributed by atoms with Crippen molar-refractivity contribution in [2.45, 2.75) is 33.6 Å². The minimum Gasteiger partial charge on any atom is -0.384 e. The van der Waals surface area contributed by atoms with Gasteiger partial charge in [-0.3, -0.25) is 4.79 Å². The molecule has 0 saturated heterocycles. The Morgan fingerprint density at radius 3 is 2.55 bits per heavy atom. The zero-order valence-electron chi connectivity index (χ0n) is 13.6. The number of amides is 1. The van der Waals surface area contributed by atoms with Crippen molar-refractivity contribution in [3.05, 3.63) is 59.2 Å². The summed E-state index contributed by atoms with van der Waals surface area (Å²) in [6.07, 6.45) is 1.36. The fourth-order valence-corrected chi connectivity index (χ4v) is 2.49. The van der Waals surface area contributed by atoms with Crippen molar-refractivity contribution in [1.82, 2.24) is 0 Å². The third kappa shape index (κ3) is 4.35. The first-order valence-electron chi connectivity index (χ1n) is 7.79. The maximum atomic E-state index is 12.1. The van der Waals surface area contributed by atoms with Gasteiger partial charge in [0, 0.05) is 24.3 Å². The summed E-state index contributed by atoms with van der Waals surface area (Å²) in [7, 11) is 0. The first kappa shape index (κ1) is 16.1. The lowest BCUT2D eigenvalue weighted by atomic mass is 10.1. The van der Waals surface area contributed by atoms with Gasteiger partial charge in [-0.05, 0) is 43.5 Å². The van der Waals surface area contributed by atoms with Crippen LogP contribution in [0.1, 0.15) is 30.0 Å². The number of benzene rings is 2. The van der Waals surface area contributed by atoms with Gasteiger partial charge in [-0.25, -0.2) is 0 Å². The Morgan fingerprint density at radius 2 is 1.82 bits per heavy atom. The predicted octanol–water partition coefficient (Wildman–Crippen LogP) is 4.31. The molecule has 2 N–H and O–H groups in total. The Bertz CT molecular complexity index is 650.